The predicted octanol–water partition coefficient (Wildman–Crippen LogP) is 7.59. The Morgan fingerprint density at radius 2 is 1.67 bits per heavy atom. The number of allylic oxidation sites excluding steroid dienone is 5. The van der Waals surface area contributed by atoms with Gasteiger partial charge in [-0.3, -0.25) is 9.98 Å². The standard InChI is InChI=1S/C30H43N5S/c1-19(21-15-29(8,9)30(10,18-31)35-21)25-28(6,7)16-24(34-25)36-17-23-27(4,5)14-20(33-23)13-22-26(2,3)11-12-32-22/h13,17,33H,11-12,14-16H2,1-10H3/b20-13-,23-17-,25-19-. The summed E-state index contributed by atoms with van der Waals surface area (Å²) in [6.07, 6.45) is 6.11. The van der Waals surface area contributed by atoms with Crippen molar-refractivity contribution in [3.05, 3.63) is 34.1 Å². The van der Waals surface area contributed by atoms with Crippen LogP contribution in [0.5, 0.6) is 0 Å². The van der Waals surface area contributed by atoms with Crippen LogP contribution in [0, 0.1) is 33.0 Å². The zero-order chi connectivity index (χ0) is 26.7. The SMILES string of the molecule is C/C(C1=NC(C)(C#N)C(C)(C)C1)=C1/N=C(S/C=C2\N/C(=C\C3=NCCC3(C)C)CC2(C)C)CC1(C)C. The topological polar surface area (TPSA) is 72.9 Å². The van der Waals surface area contributed by atoms with Crippen molar-refractivity contribution in [1.29, 1.82) is 5.26 Å². The Labute approximate surface area is 222 Å². The highest BCUT2D eigenvalue weighted by molar-refractivity contribution is 8.16. The molecule has 1 atom stereocenters. The normalized spacial score (nSPS) is 33.3. The maximum absolute atomic E-state index is 9.78. The third-order valence-corrected chi connectivity index (χ3v) is 9.62. The molecule has 5 nitrogen and oxygen atoms in total. The van der Waals surface area contributed by atoms with Gasteiger partial charge < -0.3 is 5.32 Å². The summed E-state index contributed by atoms with van der Waals surface area (Å²) in [4.78, 5) is 14.8. The van der Waals surface area contributed by atoms with E-state index < -0.39 is 5.54 Å². The van der Waals surface area contributed by atoms with E-state index in [1.165, 1.54) is 17.1 Å². The molecule has 4 aliphatic rings. The number of rotatable bonds is 3. The van der Waals surface area contributed by atoms with E-state index in [1.807, 2.05) is 6.92 Å². The van der Waals surface area contributed by atoms with Crippen LogP contribution in [0.4, 0.5) is 0 Å². The largest absolute Gasteiger partial charge is 0.361 e. The second kappa shape index (κ2) is 8.72. The fourth-order valence-electron chi connectivity index (χ4n) is 5.58. The molecular weight excluding hydrogens is 462 g/mol. The van der Waals surface area contributed by atoms with Crippen molar-refractivity contribution in [3.63, 3.8) is 0 Å². The Morgan fingerprint density at radius 3 is 2.25 bits per heavy atom. The van der Waals surface area contributed by atoms with Gasteiger partial charge in [0, 0.05) is 57.4 Å². The highest BCUT2D eigenvalue weighted by Crippen LogP contribution is 2.48. The van der Waals surface area contributed by atoms with Gasteiger partial charge in [0.25, 0.3) is 0 Å². The molecule has 194 valence electrons. The molecule has 0 bridgehead atoms. The second-order valence-corrected chi connectivity index (χ2v) is 14.7. The van der Waals surface area contributed by atoms with Gasteiger partial charge in [-0.05, 0) is 50.2 Å². The summed E-state index contributed by atoms with van der Waals surface area (Å²) in [5.41, 5.74) is 6.29. The Bertz CT molecular complexity index is 1200. The van der Waals surface area contributed by atoms with Crippen molar-refractivity contribution in [1.82, 2.24) is 5.32 Å². The molecular formula is C30H43N5S. The van der Waals surface area contributed by atoms with Crippen molar-refractivity contribution in [3.8, 4) is 6.07 Å². The maximum Gasteiger partial charge on any atom is 0.149 e. The molecule has 0 saturated carbocycles. The van der Waals surface area contributed by atoms with Crippen molar-refractivity contribution < 1.29 is 0 Å². The minimum Gasteiger partial charge on any atom is -0.361 e. The fourth-order valence-corrected chi connectivity index (χ4v) is 6.80. The molecule has 0 spiro atoms. The van der Waals surface area contributed by atoms with E-state index in [2.05, 4.69) is 85.2 Å². The smallest absolute Gasteiger partial charge is 0.149 e. The summed E-state index contributed by atoms with van der Waals surface area (Å²) in [6.45, 7) is 23.0. The average Bonchev–Trinajstić information content (AvgIpc) is 3.42. The quantitative estimate of drug-likeness (QED) is 0.429. The third kappa shape index (κ3) is 4.76. The Hall–Kier alpha value is -2.13. The molecule has 6 heteroatoms. The summed E-state index contributed by atoms with van der Waals surface area (Å²) in [6, 6.07) is 2.45. The monoisotopic (exact) mass is 505 g/mol. The van der Waals surface area contributed by atoms with Gasteiger partial charge >= 0.3 is 0 Å². The first-order chi connectivity index (χ1) is 16.5. The maximum atomic E-state index is 9.78. The van der Waals surface area contributed by atoms with E-state index in [1.54, 1.807) is 11.8 Å². The van der Waals surface area contributed by atoms with Crippen LogP contribution in [-0.2, 0) is 0 Å². The predicted molar refractivity (Wildman–Crippen MR) is 154 cm³/mol. The number of thioether (sulfide) groups is 1. The fraction of sp³-hybridized carbons (Fsp3) is 0.667. The van der Waals surface area contributed by atoms with E-state index in [0.717, 1.165) is 54.3 Å². The zero-order valence-electron chi connectivity index (χ0n) is 23.9. The highest BCUT2D eigenvalue weighted by atomic mass is 32.2. The molecule has 4 rings (SSSR count). The number of aliphatic imine (C=N–C) groups is 3. The van der Waals surface area contributed by atoms with Gasteiger partial charge in [-0.2, -0.15) is 5.26 Å². The molecule has 1 N–H and O–H groups in total. The van der Waals surface area contributed by atoms with E-state index in [9.17, 15) is 5.26 Å². The summed E-state index contributed by atoms with van der Waals surface area (Å²) in [7, 11) is 0. The molecule has 1 unspecified atom stereocenters. The molecule has 0 amide bonds. The molecule has 0 aliphatic carbocycles. The first kappa shape index (κ1) is 26.9. The van der Waals surface area contributed by atoms with Gasteiger partial charge in [0.05, 0.1) is 16.8 Å². The summed E-state index contributed by atoms with van der Waals surface area (Å²) in [5.74, 6) is 0. The second-order valence-electron chi connectivity index (χ2n) is 13.7. The number of nitrogens with one attached hydrogen (secondary N) is 1. The minimum atomic E-state index is -0.692. The van der Waals surface area contributed by atoms with E-state index >= 15 is 0 Å². The Kier molecular flexibility index (Phi) is 6.52. The van der Waals surface area contributed by atoms with Gasteiger partial charge in [-0.15, -0.1) is 0 Å². The average molecular weight is 506 g/mol. The molecule has 4 heterocycles. The van der Waals surface area contributed by atoms with Crippen LogP contribution < -0.4 is 5.32 Å². The van der Waals surface area contributed by atoms with Crippen LogP contribution in [-0.4, -0.2) is 28.6 Å². The van der Waals surface area contributed by atoms with Gasteiger partial charge in [0.1, 0.15) is 5.54 Å². The van der Waals surface area contributed by atoms with E-state index in [0.29, 0.717) is 0 Å². The lowest BCUT2D eigenvalue weighted by molar-refractivity contribution is 0.276. The highest BCUT2D eigenvalue weighted by Gasteiger charge is 2.48. The molecule has 36 heavy (non-hydrogen) atoms. The Morgan fingerprint density at radius 1 is 0.972 bits per heavy atom. The lowest BCUT2D eigenvalue weighted by Crippen LogP contribution is -2.34. The van der Waals surface area contributed by atoms with Crippen LogP contribution in [0.2, 0.25) is 0 Å². The first-order valence-electron chi connectivity index (χ1n) is 13.2. The molecule has 1 fully saturated rings. The van der Waals surface area contributed by atoms with Crippen molar-refractivity contribution >= 4 is 28.2 Å². The van der Waals surface area contributed by atoms with E-state index in [4.69, 9.17) is 15.0 Å². The van der Waals surface area contributed by atoms with Crippen LogP contribution in [0.25, 0.3) is 0 Å². The van der Waals surface area contributed by atoms with Gasteiger partial charge in [0.15, 0.2) is 0 Å². The number of hydrogen-bond donors (Lipinski definition) is 1. The number of nitriles is 1. The number of hydrogen-bond acceptors (Lipinski definition) is 6. The lowest BCUT2D eigenvalue weighted by Gasteiger charge is -2.29. The molecule has 0 radical (unpaired) electrons. The van der Waals surface area contributed by atoms with Crippen LogP contribution >= 0.6 is 11.8 Å². The van der Waals surface area contributed by atoms with Gasteiger partial charge in [-0.25, -0.2) is 4.99 Å². The number of nitrogens with zero attached hydrogens (tertiary/aromatic N) is 4. The van der Waals surface area contributed by atoms with Gasteiger partial charge in [-0.1, -0.05) is 67.2 Å². The zero-order valence-corrected chi connectivity index (χ0v) is 24.7. The first-order valence-corrected chi connectivity index (χ1v) is 14.1. The summed E-state index contributed by atoms with van der Waals surface area (Å²) < 4.78 is 0. The van der Waals surface area contributed by atoms with Crippen LogP contribution in [0.15, 0.2) is 49.1 Å². The van der Waals surface area contributed by atoms with Crippen LogP contribution in [0.1, 0.15) is 94.9 Å². The lowest BCUT2D eigenvalue weighted by atomic mass is 9.73. The van der Waals surface area contributed by atoms with E-state index in [-0.39, 0.29) is 21.7 Å². The summed E-state index contributed by atoms with van der Waals surface area (Å²) >= 11 is 1.74. The summed E-state index contributed by atoms with van der Waals surface area (Å²) in [5, 5.41) is 16.9. The van der Waals surface area contributed by atoms with Gasteiger partial charge in [0.2, 0.25) is 0 Å². The van der Waals surface area contributed by atoms with Crippen molar-refractivity contribution in [2.75, 3.05) is 6.54 Å². The molecule has 0 aromatic heterocycles. The molecule has 0 aromatic carbocycles. The molecule has 0 aromatic rings. The minimum absolute atomic E-state index is 0.0529. The third-order valence-electron chi connectivity index (χ3n) is 8.76. The molecule has 1 saturated heterocycles. The molecule has 4 aliphatic heterocycles. The van der Waals surface area contributed by atoms with Crippen molar-refractivity contribution in [2.24, 2.45) is 36.6 Å². The Balaban J connectivity index is 1.56. The van der Waals surface area contributed by atoms with Crippen molar-refractivity contribution in [2.45, 2.75) is 100 Å². The van der Waals surface area contributed by atoms with Crippen LogP contribution in [0.3, 0.4) is 0 Å².